The third-order valence-electron chi connectivity index (χ3n) is 5.19. The number of aromatic nitrogens is 3. The van der Waals surface area contributed by atoms with Crippen molar-refractivity contribution in [2.24, 2.45) is 5.73 Å². The normalized spacial score (nSPS) is 11.5. The summed E-state index contributed by atoms with van der Waals surface area (Å²) in [6, 6.07) is 9.59. The van der Waals surface area contributed by atoms with Crippen molar-refractivity contribution in [1.82, 2.24) is 15.2 Å². The number of halogens is 2. The third-order valence-corrected chi connectivity index (χ3v) is 6.67. The van der Waals surface area contributed by atoms with Gasteiger partial charge in [-0.3, -0.25) is 19.4 Å². The van der Waals surface area contributed by atoms with Crippen LogP contribution in [0.3, 0.4) is 0 Å². The lowest BCUT2D eigenvalue weighted by molar-refractivity contribution is 0.0997. The molecule has 4 rings (SSSR count). The molecule has 0 aliphatic heterocycles. The molecule has 0 unspecified atom stereocenters. The van der Waals surface area contributed by atoms with Gasteiger partial charge in [0.25, 0.3) is 0 Å². The number of fused-ring (bicyclic) bond motifs is 1. The quantitative estimate of drug-likeness (QED) is 0.317. The fourth-order valence-electron chi connectivity index (χ4n) is 3.51. The summed E-state index contributed by atoms with van der Waals surface area (Å²) >= 11 is 0. The first kappa shape index (κ1) is 24.0. The molecule has 4 N–H and O–H groups in total. The maximum absolute atomic E-state index is 15.1. The van der Waals surface area contributed by atoms with Gasteiger partial charge in [0.15, 0.2) is 11.5 Å². The van der Waals surface area contributed by atoms with Gasteiger partial charge in [0.05, 0.1) is 22.4 Å². The molecule has 0 spiro atoms. The Morgan fingerprint density at radius 2 is 1.80 bits per heavy atom. The predicted molar refractivity (Wildman–Crippen MR) is 125 cm³/mol. The molecule has 2 aromatic carbocycles. The van der Waals surface area contributed by atoms with Crippen molar-refractivity contribution in [2.75, 3.05) is 10.5 Å². The molecule has 2 heterocycles. The lowest BCUT2D eigenvalue weighted by atomic mass is 10.0. The third kappa shape index (κ3) is 4.73. The van der Waals surface area contributed by atoms with Crippen molar-refractivity contribution in [3.05, 3.63) is 77.1 Å². The Kier molecular flexibility index (Phi) is 6.31. The number of ketones is 1. The highest BCUT2D eigenvalue weighted by molar-refractivity contribution is 7.92. The van der Waals surface area contributed by atoms with Crippen molar-refractivity contribution in [3.63, 3.8) is 0 Å². The van der Waals surface area contributed by atoms with Crippen molar-refractivity contribution in [1.29, 1.82) is 0 Å². The molecule has 2 aromatic heterocycles. The van der Waals surface area contributed by atoms with Crippen molar-refractivity contribution < 1.29 is 26.8 Å². The van der Waals surface area contributed by atoms with E-state index in [1.165, 1.54) is 18.3 Å². The molecule has 4 aromatic rings. The molecular weight excluding hydrogens is 480 g/mol. The molecule has 12 heteroatoms. The maximum atomic E-state index is 15.1. The number of carbonyl (C=O) groups excluding carboxylic acids is 2. The van der Waals surface area contributed by atoms with Crippen LogP contribution in [0.4, 0.5) is 14.5 Å². The molecule has 0 fully saturated rings. The average molecular weight is 499 g/mol. The van der Waals surface area contributed by atoms with Gasteiger partial charge >= 0.3 is 0 Å². The Hall–Kier alpha value is -4.19. The number of carbonyl (C=O) groups is 2. The molecule has 0 saturated heterocycles. The van der Waals surface area contributed by atoms with Gasteiger partial charge in [0.2, 0.25) is 21.7 Å². The fourth-order valence-corrected chi connectivity index (χ4v) is 4.64. The van der Waals surface area contributed by atoms with Crippen molar-refractivity contribution in [3.8, 4) is 11.1 Å². The number of anilines is 1. The lowest BCUT2D eigenvalue weighted by Crippen LogP contribution is -2.18. The van der Waals surface area contributed by atoms with Crippen LogP contribution in [0.5, 0.6) is 0 Å². The van der Waals surface area contributed by atoms with E-state index in [1.54, 1.807) is 25.1 Å². The number of nitrogens with two attached hydrogens (primary N) is 1. The van der Waals surface area contributed by atoms with Crippen molar-refractivity contribution in [2.45, 2.75) is 13.3 Å². The Morgan fingerprint density at radius 3 is 2.46 bits per heavy atom. The molecule has 0 aliphatic rings. The zero-order valence-corrected chi connectivity index (χ0v) is 19.1. The number of nitrogens with one attached hydrogen (secondary N) is 2. The molecule has 0 radical (unpaired) electrons. The van der Waals surface area contributed by atoms with E-state index in [4.69, 9.17) is 5.73 Å². The zero-order valence-electron chi connectivity index (χ0n) is 18.3. The fraction of sp³-hybridized carbons (Fsp3) is 0.130. The van der Waals surface area contributed by atoms with Crippen LogP contribution in [-0.4, -0.2) is 41.0 Å². The molecule has 0 atom stereocenters. The first-order chi connectivity index (χ1) is 16.6. The predicted octanol–water partition coefficient (Wildman–Crippen LogP) is 3.38. The van der Waals surface area contributed by atoms with Gasteiger partial charge in [-0.15, -0.1) is 0 Å². The van der Waals surface area contributed by atoms with Crippen LogP contribution in [0.2, 0.25) is 0 Å². The van der Waals surface area contributed by atoms with Gasteiger partial charge in [-0.05, 0) is 42.3 Å². The highest BCUT2D eigenvalue weighted by Gasteiger charge is 2.27. The highest BCUT2D eigenvalue weighted by atomic mass is 32.2. The number of amides is 1. The molecule has 9 nitrogen and oxygen atoms in total. The Bertz CT molecular complexity index is 1570. The van der Waals surface area contributed by atoms with Gasteiger partial charge in [-0.1, -0.05) is 19.1 Å². The Morgan fingerprint density at radius 1 is 1.09 bits per heavy atom. The number of benzene rings is 2. The van der Waals surface area contributed by atoms with E-state index >= 15 is 4.39 Å². The van der Waals surface area contributed by atoms with Gasteiger partial charge in [0, 0.05) is 17.3 Å². The molecule has 180 valence electrons. The van der Waals surface area contributed by atoms with Crippen molar-refractivity contribution >= 4 is 38.4 Å². The molecule has 0 saturated carbocycles. The number of primary amides is 1. The van der Waals surface area contributed by atoms with E-state index in [0.29, 0.717) is 16.7 Å². The topological polar surface area (TPSA) is 148 Å². The van der Waals surface area contributed by atoms with E-state index in [0.717, 1.165) is 12.1 Å². The second-order valence-corrected chi connectivity index (χ2v) is 9.51. The minimum absolute atomic E-state index is 0.197. The summed E-state index contributed by atoms with van der Waals surface area (Å²) in [6.45, 7) is 1.63. The summed E-state index contributed by atoms with van der Waals surface area (Å²) in [5, 5.41) is 6.64. The van der Waals surface area contributed by atoms with Crippen LogP contribution in [0.1, 0.15) is 39.8 Å². The van der Waals surface area contributed by atoms with Crippen LogP contribution in [-0.2, 0) is 10.0 Å². The van der Waals surface area contributed by atoms with E-state index in [2.05, 4.69) is 15.2 Å². The molecular formula is C23H19F2N5O4S. The number of pyridine rings is 1. The smallest absolute Gasteiger partial charge is 0.248 e. The number of nitrogens with zero attached hydrogens (tertiary/aromatic N) is 2. The van der Waals surface area contributed by atoms with Crippen LogP contribution in [0.25, 0.3) is 22.2 Å². The van der Waals surface area contributed by atoms with E-state index in [1.807, 2.05) is 4.72 Å². The largest absolute Gasteiger partial charge is 0.366 e. The summed E-state index contributed by atoms with van der Waals surface area (Å²) in [4.78, 5) is 28.6. The zero-order chi connectivity index (χ0) is 25.3. The molecule has 0 aliphatic carbocycles. The van der Waals surface area contributed by atoms with E-state index in [-0.39, 0.29) is 28.9 Å². The number of rotatable bonds is 8. The number of hydrogen-bond donors (Lipinski definition) is 3. The highest BCUT2D eigenvalue weighted by Crippen LogP contribution is 2.28. The summed E-state index contributed by atoms with van der Waals surface area (Å²) < 4.78 is 55.8. The minimum atomic E-state index is -3.88. The molecule has 1 amide bonds. The van der Waals surface area contributed by atoms with E-state index in [9.17, 15) is 22.4 Å². The minimum Gasteiger partial charge on any atom is -0.366 e. The van der Waals surface area contributed by atoms with Crippen LogP contribution < -0.4 is 10.5 Å². The van der Waals surface area contributed by atoms with Gasteiger partial charge in [0.1, 0.15) is 11.5 Å². The molecule has 0 bridgehead atoms. The van der Waals surface area contributed by atoms with Crippen LogP contribution >= 0.6 is 0 Å². The lowest BCUT2D eigenvalue weighted by Gasteiger charge is -2.11. The average Bonchev–Trinajstić information content (AvgIpc) is 3.24. The second-order valence-electron chi connectivity index (χ2n) is 7.67. The summed E-state index contributed by atoms with van der Waals surface area (Å²) in [5.74, 6) is -4.47. The maximum Gasteiger partial charge on any atom is 0.248 e. The standard InChI is InChI=1S/C23H19F2N5O4S/c1-2-9-35(33,34)30-17-8-7-16(24)18(19(17)25)21(31)20-15-10-14(11-27-23(15)29-28-20)12-3-5-13(6-4-12)22(26)32/h3-8,10-11,30H,2,9H2,1H3,(H2,26,32)(H,27,28,29). The van der Waals surface area contributed by atoms with E-state index < -0.39 is 44.6 Å². The SMILES string of the molecule is CCCS(=O)(=O)Nc1ccc(F)c(C(=O)c2n[nH]c3ncc(-c4ccc(C(N)=O)cc4)cc23)c1F. The van der Waals surface area contributed by atoms with Gasteiger partial charge in [-0.25, -0.2) is 22.2 Å². The van der Waals surface area contributed by atoms with Gasteiger partial charge in [-0.2, -0.15) is 5.10 Å². The monoisotopic (exact) mass is 499 g/mol. The summed E-state index contributed by atoms with van der Waals surface area (Å²) in [6.07, 6.45) is 1.78. The Balaban J connectivity index is 1.76. The first-order valence-electron chi connectivity index (χ1n) is 10.4. The number of aromatic amines is 1. The first-order valence-corrected chi connectivity index (χ1v) is 12.0. The Labute approximate surface area is 198 Å². The van der Waals surface area contributed by atoms with Crippen LogP contribution in [0.15, 0.2) is 48.7 Å². The van der Waals surface area contributed by atoms with Gasteiger partial charge < -0.3 is 5.73 Å². The van der Waals surface area contributed by atoms with Crippen LogP contribution in [0, 0.1) is 11.6 Å². The molecule has 35 heavy (non-hydrogen) atoms. The number of sulfonamides is 1. The summed E-state index contributed by atoms with van der Waals surface area (Å²) in [7, 11) is -3.88. The summed E-state index contributed by atoms with van der Waals surface area (Å²) in [5.41, 5.74) is 5.16. The number of H-pyrrole nitrogens is 1. The second kappa shape index (κ2) is 9.22. The number of hydrogen-bond acceptors (Lipinski definition) is 6.